The normalized spacial score (nSPS) is 22.6. The van der Waals surface area contributed by atoms with Crippen molar-refractivity contribution in [2.75, 3.05) is 118 Å². The third kappa shape index (κ3) is 29.2. The van der Waals surface area contributed by atoms with Gasteiger partial charge in [0.15, 0.2) is 0 Å². The highest BCUT2D eigenvalue weighted by atomic mass is 35.5. The zero-order valence-electron chi connectivity index (χ0n) is 73.3. The number of carbonyl (C=O) groups is 6. The van der Waals surface area contributed by atoms with Crippen LogP contribution in [-0.4, -0.2) is 230 Å². The van der Waals surface area contributed by atoms with E-state index < -0.39 is 0 Å². The van der Waals surface area contributed by atoms with E-state index in [-0.39, 0.29) is 83.7 Å². The van der Waals surface area contributed by atoms with Crippen LogP contribution in [0.2, 0.25) is 25.1 Å². The summed E-state index contributed by atoms with van der Waals surface area (Å²) in [5, 5.41) is 34.3. The van der Waals surface area contributed by atoms with Gasteiger partial charge in [0, 0.05) is 156 Å². The number of fused-ring (bicyclic) bond motifs is 1. The molecule has 0 aliphatic carbocycles. The molecule has 6 saturated heterocycles. The molecule has 6 heterocycles. The molecular formula is C99H133Cl5N12O7. The SMILES string of the molecule is CC[C@H](CN1CCC(CNC(=O)c2ccc3cc(Cl)ccc3c2)NC(C2CCN(CCC(C)C)CC2)C1=O)c1ccccc1.CC[C@H](CN1CC[C@@H](CNC(=O)c2ccc(Cl)c(Cl)c2)N[C@@H](CCN2CC(C)CC(C)C2)C1=O)c1ccccc1.CC[C@H](CN1CC[C@@H](CNC(=O)c2ccc(Cl)c(Cl)c2)N[C@@H](CCN2CCC(O)CC2)C1=O)c1ccccc1. The second kappa shape index (κ2) is 48.6. The molecule has 0 aromatic heterocycles. The Balaban J connectivity index is 0.000000180. The summed E-state index contributed by atoms with van der Waals surface area (Å²) in [7, 11) is 0. The van der Waals surface area contributed by atoms with E-state index in [9.17, 15) is 33.9 Å². The number of hydrogen-bond donors (Lipinski definition) is 7. The van der Waals surface area contributed by atoms with Crippen LogP contribution in [0, 0.1) is 23.7 Å². The zero-order valence-corrected chi connectivity index (χ0v) is 77.0. The topological polar surface area (TPSA) is 214 Å². The van der Waals surface area contributed by atoms with E-state index >= 15 is 0 Å². The van der Waals surface area contributed by atoms with Crippen molar-refractivity contribution in [1.82, 2.24) is 61.3 Å². The van der Waals surface area contributed by atoms with Gasteiger partial charge in [-0.3, -0.25) is 28.8 Å². The lowest BCUT2D eigenvalue weighted by Crippen LogP contribution is -2.54. The van der Waals surface area contributed by atoms with Crippen LogP contribution in [0.4, 0.5) is 0 Å². The van der Waals surface area contributed by atoms with Crippen molar-refractivity contribution in [2.45, 2.75) is 198 Å². The Hall–Kier alpha value is -7.21. The fourth-order valence-corrected chi connectivity index (χ4v) is 19.4. The van der Waals surface area contributed by atoms with Crippen molar-refractivity contribution in [3.05, 3.63) is 222 Å². The van der Waals surface area contributed by atoms with Crippen molar-refractivity contribution in [3.63, 3.8) is 0 Å². The van der Waals surface area contributed by atoms with E-state index in [0.29, 0.717) is 136 Å². The number of rotatable bonds is 31. The fourth-order valence-electron chi connectivity index (χ4n) is 18.6. The molecule has 4 unspecified atom stereocenters. The van der Waals surface area contributed by atoms with Crippen LogP contribution in [0.1, 0.15) is 204 Å². The van der Waals surface area contributed by atoms with Crippen LogP contribution in [-0.2, 0) is 14.4 Å². The summed E-state index contributed by atoms with van der Waals surface area (Å²) in [6.45, 7) is 30.0. The summed E-state index contributed by atoms with van der Waals surface area (Å²) < 4.78 is 0. The largest absolute Gasteiger partial charge is 0.393 e. The first kappa shape index (κ1) is 96.4. The summed E-state index contributed by atoms with van der Waals surface area (Å²) in [6.07, 6.45) is 12.5. The highest BCUT2D eigenvalue weighted by Crippen LogP contribution is 2.32. The average molecular weight is 1780 g/mol. The van der Waals surface area contributed by atoms with Crippen molar-refractivity contribution >= 4 is 104 Å². The quantitative estimate of drug-likeness (QED) is 0.0216. The Kier molecular flexibility index (Phi) is 38.1. The number of likely N-dealkylation sites (tertiary alicyclic amines) is 3. The van der Waals surface area contributed by atoms with E-state index in [1.165, 1.54) is 29.5 Å². The smallest absolute Gasteiger partial charge is 0.251 e. The first-order chi connectivity index (χ1) is 59.4. The first-order valence-corrected chi connectivity index (χ1v) is 47.3. The van der Waals surface area contributed by atoms with Crippen LogP contribution in [0.15, 0.2) is 164 Å². The molecule has 7 N–H and O–H groups in total. The van der Waals surface area contributed by atoms with Crippen LogP contribution < -0.4 is 31.9 Å². The molecule has 11 atom stereocenters. The number of nitrogens with zero attached hydrogens (tertiary/aromatic N) is 6. The predicted molar refractivity (Wildman–Crippen MR) is 502 cm³/mol. The molecule has 6 amide bonds. The van der Waals surface area contributed by atoms with E-state index in [0.717, 1.165) is 147 Å². The molecule has 0 saturated carbocycles. The number of nitrogens with one attached hydrogen (secondary N) is 6. The van der Waals surface area contributed by atoms with Gasteiger partial charge in [-0.05, 0) is 221 Å². The Morgan fingerprint density at radius 2 is 0.813 bits per heavy atom. The first-order valence-electron chi connectivity index (χ1n) is 45.5. The monoisotopic (exact) mass is 1780 g/mol. The standard InChI is InChI=1S/C37H49ClN4O2.C32H44Cl2N4O2.C30H40Cl2N4O3/c1-4-27(28-8-6-5-7-9-28)25-42-21-17-34(24-39-36(43)32-11-10-31-23-33(38)13-12-30(31)22-32)40-35(37(42)44)29-15-19-41(20-16-29)18-14-26(2)3;1-4-24(25-8-6-5-7-9-25)21-38-15-12-27(18-35-31(39)26-10-11-28(33)29(34)17-26)36-30(32(38)40)13-14-37-19-22(2)16-23(3)20-37;1-2-21(22-6-4-3-5-7-22)20-36-17-10-24(19-33-29(38)23-8-9-26(31)27(32)18-23)34-28(30(36)39)13-16-35-14-11-25(37)12-15-35/h5-13,22-23,26-27,29,34-35,40H,4,14-21,24-25H2,1-3H3,(H,39,43);5-11,17,22-24,27,30,36H,4,12-16,18-21H2,1-3H3,(H,35,39);3-9,18,21,24-25,28,34,37H,2,10-17,19-20H2,1H3,(H,33,38)/t27-,34?,35?;22?,23?,24-,27+,30+;21-,24+,28+/m111/s1. The number of carbonyl (C=O) groups excluding carboxylic acids is 6. The van der Waals surface area contributed by atoms with E-state index in [1.54, 1.807) is 36.4 Å². The number of halogens is 5. The predicted octanol–water partition coefficient (Wildman–Crippen LogP) is 16.9. The highest BCUT2D eigenvalue weighted by Gasteiger charge is 2.40. The van der Waals surface area contributed by atoms with E-state index in [4.69, 9.17) is 58.0 Å². The van der Waals surface area contributed by atoms with Gasteiger partial charge in [0.2, 0.25) is 17.7 Å². The minimum Gasteiger partial charge on any atom is -0.393 e. The molecule has 7 aromatic carbocycles. The van der Waals surface area contributed by atoms with Gasteiger partial charge in [-0.15, -0.1) is 0 Å². The Morgan fingerprint density at radius 1 is 0.431 bits per heavy atom. The number of benzene rings is 7. The minimum atomic E-state index is -0.334. The summed E-state index contributed by atoms with van der Waals surface area (Å²) in [6, 6.07) is 51.7. The number of piperidine rings is 3. The molecule has 0 radical (unpaired) electrons. The van der Waals surface area contributed by atoms with Crippen LogP contribution in [0.3, 0.4) is 0 Å². The lowest BCUT2D eigenvalue weighted by atomic mass is 9.87. The number of hydrogen-bond acceptors (Lipinski definition) is 13. The Labute approximate surface area is 756 Å². The summed E-state index contributed by atoms with van der Waals surface area (Å²) in [5.74, 6) is 3.22. The molecule has 6 fully saturated rings. The van der Waals surface area contributed by atoms with Crippen molar-refractivity contribution in [2.24, 2.45) is 23.7 Å². The maximum atomic E-state index is 14.2. The molecule has 0 bridgehead atoms. The third-order valence-corrected chi connectivity index (χ3v) is 27.7. The van der Waals surface area contributed by atoms with Gasteiger partial charge >= 0.3 is 0 Å². The minimum absolute atomic E-state index is 0.0123. The summed E-state index contributed by atoms with van der Waals surface area (Å²) >= 11 is 30.4. The molecule has 123 heavy (non-hydrogen) atoms. The van der Waals surface area contributed by atoms with Gasteiger partial charge in [-0.1, -0.05) is 210 Å². The van der Waals surface area contributed by atoms with Gasteiger partial charge < -0.3 is 66.4 Å². The Morgan fingerprint density at radius 3 is 1.24 bits per heavy atom. The molecule has 7 aromatic rings. The Bertz CT molecular complexity index is 4490. The van der Waals surface area contributed by atoms with Crippen LogP contribution in [0.25, 0.3) is 10.8 Å². The second-order valence-corrected chi connectivity index (χ2v) is 37.8. The van der Waals surface area contributed by atoms with Gasteiger partial charge in [0.1, 0.15) is 0 Å². The zero-order chi connectivity index (χ0) is 87.5. The van der Waals surface area contributed by atoms with Crippen LogP contribution in [0.5, 0.6) is 0 Å². The molecular weight excluding hydrogens is 1650 g/mol. The summed E-state index contributed by atoms with van der Waals surface area (Å²) in [4.78, 5) is 94.5. The molecule has 666 valence electrons. The van der Waals surface area contributed by atoms with Gasteiger partial charge in [-0.25, -0.2) is 0 Å². The maximum Gasteiger partial charge on any atom is 0.251 e. The second-order valence-electron chi connectivity index (χ2n) is 35.8. The molecule has 19 nitrogen and oxygen atoms in total. The van der Waals surface area contributed by atoms with Crippen molar-refractivity contribution < 1.29 is 33.9 Å². The summed E-state index contributed by atoms with van der Waals surface area (Å²) in [5.41, 5.74) is 5.36. The fraction of sp³-hybridized carbons (Fsp3) is 0.535. The lowest BCUT2D eigenvalue weighted by molar-refractivity contribution is -0.135. The third-order valence-electron chi connectivity index (χ3n) is 26.0. The van der Waals surface area contributed by atoms with Crippen molar-refractivity contribution in [1.29, 1.82) is 0 Å². The molecule has 6 aliphatic rings. The van der Waals surface area contributed by atoms with E-state index in [2.05, 4.69) is 178 Å². The number of aliphatic hydroxyl groups excluding tert-OH is 1. The van der Waals surface area contributed by atoms with Gasteiger partial charge in [-0.2, -0.15) is 0 Å². The van der Waals surface area contributed by atoms with Gasteiger partial charge in [0.05, 0.1) is 44.3 Å². The average Bonchev–Trinajstić information content (AvgIpc) is 1.53. The number of amides is 6. The maximum absolute atomic E-state index is 14.2. The van der Waals surface area contributed by atoms with Gasteiger partial charge in [0.25, 0.3) is 17.7 Å². The molecule has 13 rings (SSSR count). The number of aliphatic hydroxyl groups is 1. The van der Waals surface area contributed by atoms with E-state index in [1.807, 2.05) is 59.5 Å². The van der Waals surface area contributed by atoms with Crippen molar-refractivity contribution in [3.8, 4) is 0 Å². The lowest BCUT2D eigenvalue weighted by Gasteiger charge is -2.38. The molecule has 6 aliphatic heterocycles. The highest BCUT2D eigenvalue weighted by molar-refractivity contribution is 6.42. The molecule has 24 heteroatoms. The molecule has 0 spiro atoms. The van der Waals surface area contributed by atoms with Crippen LogP contribution >= 0.6 is 58.0 Å².